The van der Waals surface area contributed by atoms with E-state index >= 15 is 0 Å². The van der Waals surface area contributed by atoms with E-state index in [1.54, 1.807) is 0 Å². The van der Waals surface area contributed by atoms with Crippen LogP contribution in [-0.4, -0.2) is 12.7 Å². The molecule has 0 aromatic heterocycles. The highest BCUT2D eigenvalue weighted by molar-refractivity contribution is 5.14. The molecule has 0 amide bonds. The predicted molar refractivity (Wildman–Crippen MR) is 40.8 cm³/mol. The zero-order valence-electron chi connectivity index (χ0n) is 6.42. The maximum absolute atomic E-state index is 8.95. The Kier molecular flexibility index (Phi) is 1.47. The summed E-state index contributed by atoms with van der Waals surface area (Å²) in [5.41, 5.74) is -0.110. The fourth-order valence-electron chi connectivity index (χ4n) is 1.63. The van der Waals surface area contributed by atoms with Crippen LogP contribution in [0.15, 0.2) is 12.2 Å². The van der Waals surface area contributed by atoms with Crippen LogP contribution in [0, 0.1) is 16.7 Å². The highest BCUT2D eigenvalue weighted by atomic mass is 16.6. The number of allylic oxidation sites excluding steroid dienone is 2. The normalized spacial score (nSPS) is 31.7. The van der Waals surface area contributed by atoms with Gasteiger partial charge in [0.25, 0.3) is 0 Å². The van der Waals surface area contributed by atoms with E-state index in [9.17, 15) is 0 Å². The predicted octanol–water partition coefficient (Wildman–Crippen LogP) is 1.64. The number of epoxide rings is 1. The van der Waals surface area contributed by atoms with Gasteiger partial charge in [-0.15, -0.1) is 0 Å². The molecule has 2 aliphatic rings. The van der Waals surface area contributed by atoms with Crippen LogP contribution in [-0.2, 0) is 4.74 Å². The van der Waals surface area contributed by atoms with E-state index in [1.165, 1.54) is 0 Å². The fraction of sp³-hybridized carbons (Fsp3) is 0.667. The molecule has 0 N–H and O–H groups in total. The third-order valence-electron chi connectivity index (χ3n) is 2.44. The van der Waals surface area contributed by atoms with Crippen LogP contribution >= 0.6 is 0 Å². The maximum atomic E-state index is 8.95. The minimum atomic E-state index is -0.110. The molecule has 2 nitrogen and oxygen atoms in total. The summed E-state index contributed by atoms with van der Waals surface area (Å²) in [6.45, 7) is 0.865. The average Bonchev–Trinajstić information content (AvgIpc) is 2.68. The number of hydrogen-bond acceptors (Lipinski definition) is 2. The molecule has 0 saturated carbocycles. The third kappa shape index (κ3) is 1.29. The summed E-state index contributed by atoms with van der Waals surface area (Å²) in [7, 11) is 0. The molecule has 58 valence electrons. The monoisotopic (exact) mass is 149 g/mol. The SMILES string of the molecule is N#CC1(C[C@H]2CO2)CC=CC1. The van der Waals surface area contributed by atoms with E-state index in [0.29, 0.717) is 6.10 Å². The van der Waals surface area contributed by atoms with Crippen molar-refractivity contribution < 1.29 is 4.74 Å². The van der Waals surface area contributed by atoms with Crippen LogP contribution in [0.4, 0.5) is 0 Å². The van der Waals surface area contributed by atoms with E-state index in [-0.39, 0.29) is 5.41 Å². The van der Waals surface area contributed by atoms with Crippen molar-refractivity contribution in [1.82, 2.24) is 0 Å². The van der Waals surface area contributed by atoms with E-state index in [1.807, 2.05) is 0 Å². The van der Waals surface area contributed by atoms with Gasteiger partial charge >= 0.3 is 0 Å². The lowest BCUT2D eigenvalue weighted by Gasteiger charge is -2.17. The maximum Gasteiger partial charge on any atom is 0.0825 e. The number of rotatable bonds is 2. The topological polar surface area (TPSA) is 36.3 Å². The molecule has 1 atom stereocenters. The van der Waals surface area contributed by atoms with Crippen molar-refractivity contribution in [1.29, 1.82) is 5.26 Å². The Morgan fingerprint density at radius 2 is 2.18 bits per heavy atom. The molecule has 2 rings (SSSR count). The van der Waals surface area contributed by atoms with Crippen molar-refractivity contribution in [2.75, 3.05) is 6.61 Å². The van der Waals surface area contributed by atoms with Crippen molar-refractivity contribution in [2.45, 2.75) is 25.4 Å². The minimum absolute atomic E-state index is 0.110. The molecule has 0 radical (unpaired) electrons. The highest BCUT2D eigenvalue weighted by Crippen LogP contribution is 2.39. The number of ether oxygens (including phenoxy) is 1. The van der Waals surface area contributed by atoms with Crippen LogP contribution in [0.25, 0.3) is 0 Å². The molecule has 0 unspecified atom stereocenters. The summed E-state index contributed by atoms with van der Waals surface area (Å²) in [6, 6.07) is 2.41. The van der Waals surface area contributed by atoms with Crippen molar-refractivity contribution in [3.63, 3.8) is 0 Å². The van der Waals surface area contributed by atoms with Gasteiger partial charge in [-0.25, -0.2) is 0 Å². The summed E-state index contributed by atoms with van der Waals surface area (Å²) < 4.78 is 5.12. The quantitative estimate of drug-likeness (QED) is 0.442. The van der Waals surface area contributed by atoms with Gasteiger partial charge in [0, 0.05) is 0 Å². The summed E-state index contributed by atoms with van der Waals surface area (Å²) in [5.74, 6) is 0. The van der Waals surface area contributed by atoms with Crippen LogP contribution < -0.4 is 0 Å². The summed E-state index contributed by atoms with van der Waals surface area (Å²) >= 11 is 0. The van der Waals surface area contributed by atoms with Crippen molar-refractivity contribution in [2.24, 2.45) is 5.41 Å². The summed E-state index contributed by atoms with van der Waals surface area (Å²) in [6.07, 6.45) is 7.36. The third-order valence-corrected chi connectivity index (χ3v) is 2.44. The standard InChI is InChI=1S/C9H11NO/c10-7-9(3-1-2-4-9)5-8-6-11-8/h1-2,8H,3-6H2/t8-/m0/s1. The Labute approximate surface area is 66.5 Å². The van der Waals surface area contributed by atoms with Gasteiger partial charge in [-0.05, 0) is 19.3 Å². The first kappa shape index (κ1) is 6.87. The van der Waals surface area contributed by atoms with Gasteiger partial charge in [0.05, 0.1) is 24.2 Å². The van der Waals surface area contributed by atoms with E-state index < -0.39 is 0 Å². The molecule has 1 aliphatic heterocycles. The molecule has 0 aromatic rings. The Hall–Kier alpha value is -0.810. The summed E-state index contributed by atoms with van der Waals surface area (Å²) in [5, 5.41) is 8.95. The average molecular weight is 149 g/mol. The lowest BCUT2D eigenvalue weighted by molar-refractivity contribution is 0.309. The van der Waals surface area contributed by atoms with Crippen molar-refractivity contribution in [3.05, 3.63) is 12.2 Å². The molecule has 2 heteroatoms. The summed E-state index contributed by atoms with van der Waals surface area (Å²) in [4.78, 5) is 0. The highest BCUT2D eigenvalue weighted by Gasteiger charge is 2.38. The number of nitrogens with zero attached hydrogens (tertiary/aromatic N) is 1. The second-order valence-corrected chi connectivity index (χ2v) is 3.43. The first-order valence-electron chi connectivity index (χ1n) is 4.02. The fourth-order valence-corrected chi connectivity index (χ4v) is 1.63. The minimum Gasteiger partial charge on any atom is -0.373 e. The molecule has 1 saturated heterocycles. The largest absolute Gasteiger partial charge is 0.373 e. The van der Waals surface area contributed by atoms with Gasteiger partial charge in [0.2, 0.25) is 0 Å². The van der Waals surface area contributed by atoms with Gasteiger partial charge in [0.1, 0.15) is 0 Å². The zero-order valence-corrected chi connectivity index (χ0v) is 6.42. The molecule has 0 bridgehead atoms. The molecule has 0 spiro atoms. The molecule has 1 heterocycles. The Morgan fingerprint density at radius 1 is 1.55 bits per heavy atom. The molecular formula is C9H11NO. The lowest BCUT2D eigenvalue weighted by Crippen LogP contribution is -2.16. The van der Waals surface area contributed by atoms with Crippen molar-refractivity contribution >= 4 is 0 Å². The molecule has 1 fully saturated rings. The van der Waals surface area contributed by atoms with Crippen LogP contribution in [0.5, 0.6) is 0 Å². The molecular weight excluding hydrogens is 138 g/mol. The van der Waals surface area contributed by atoms with Gasteiger partial charge in [-0.1, -0.05) is 12.2 Å². The first-order valence-corrected chi connectivity index (χ1v) is 4.02. The number of nitriles is 1. The van der Waals surface area contributed by atoms with Crippen LogP contribution in [0.3, 0.4) is 0 Å². The van der Waals surface area contributed by atoms with Crippen LogP contribution in [0.1, 0.15) is 19.3 Å². The van der Waals surface area contributed by atoms with Gasteiger partial charge in [-0.2, -0.15) is 5.26 Å². The Morgan fingerprint density at radius 3 is 2.64 bits per heavy atom. The van der Waals surface area contributed by atoms with E-state index in [0.717, 1.165) is 25.9 Å². The number of hydrogen-bond donors (Lipinski definition) is 0. The second-order valence-electron chi connectivity index (χ2n) is 3.43. The van der Waals surface area contributed by atoms with Gasteiger partial charge in [-0.3, -0.25) is 0 Å². The van der Waals surface area contributed by atoms with E-state index in [4.69, 9.17) is 10.00 Å². The molecule has 11 heavy (non-hydrogen) atoms. The lowest BCUT2D eigenvalue weighted by atomic mass is 9.82. The smallest absolute Gasteiger partial charge is 0.0825 e. The second kappa shape index (κ2) is 2.35. The van der Waals surface area contributed by atoms with Crippen molar-refractivity contribution in [3.8, 4) is 6.07 Å². The van der Waals surface area contributed by atoms with Gasteiger partial charge in [0.15, 0.2) is 0 Å². The zero-order chi connectivity index (χ0) is 7.73. The Balaban J connectivity index is 1.99. The Bertz CT molecular complexity index is 214. The van der Waals surface area contributed by atoms with Gasteiger partial charge < -0.3 is 4.74 Å². The molecule has 1 aliphatic carbocycles. The first-order chi connectivity index (χ1) is 5.35. The molecule has 0 aromatic carbocycles. The van der Waals surface area contributed by atoms with E-state index in [2.05, 4.69) is 18.2 Å². The van der Waals surface area contributed by atoms with Crippen LogP contribution in [0.2, 0.25) is 0 Å².